The maximum Gasteiger partial charge on any atom is 0.166 e. The summed E-state index contributed by atoms with van der Waals surface area (Å²) in [6.45, 7) is 5.93. The van der Waals surface area contributed by atoms with Crippen LogP contribution in [0.3, 0.4) is 0 Å². The van der Waals surface area contributed by atoms with Gasteiger partial charge >= 0.3 is 0 Å². The third-order valence-corrected chi connectivity index (χ3v) is 4.68. The minimum absolute atomic E-state index is 0.0182. The summed E-state index contributed by atoms with van der Waals surface area (Å²) in [6, 6.07) is -0.297. The average Bonchev–Trinajstić information content (AvgIpc) is 2.19. The van der Waals surface area contributed by atoms with Crippen LogP contribution in [0.5, 0.6) is 0 Å². The van der Waals surface area contributed by atoms with Gasteiger partial charge in [-0.3, -0.25) is 0 Å². The van der Waals surface area contributed by atoms with E-state index in [2.05, 4.69) is 10.6 Å². The molecule has 1 aliphatic heterocycles. The van der Waals surface area contributed by atoms with Gasteiger partial charge in [0.15, 0.2) is 14.9 Å². The molecule has 0 amide bonds. The zero-order valence-electron chi connectivity index (χ0n) is 9.58. The van der Waals surface area contributed by atoms with Crippen molar-refractivity contribution in [2.45, 2.75) is 37.7 Å². The van der Waals surface area contributed by atoms with Gasteiger partial charge in [-0.2, -0.15) is 0 Å². The number of hydrogen-bond acceptors (Lipinski definition) is 3. The van der Waals surface area contributed by atoms with E-state index in [-0.39, 0.29) is 23.1 Å². The molecule has 0 aromatic carbocycles. The molecule has 0 unspecified atom stereocenters. The predicted octanol–water partition coefficient (Wildman–Crippen LogP) is 0.653. The van der Waals surface area contributed by atoms with E-state index in [1.54, 1.807) is 0 Å². The molecule has 16 heavy (non-hydrogen) atoms. The highest BCUT2D eigenvalue weighted by molar-refractivity contribution is 7.91. The smallest absolute Gasteiger partial charge is 0.166 e. The summed E-state index contributed by atoms with van der Waals surface area (Å²) in [5, 5.41) is 6.04. The first-order valence-corrected chi connectivity index (χ1v) is 7.69. The maximum absolute atomic E-state index is 11.3. The highest BCUT2D eigenvalue weighted by Gasteiger charge is 2.36. The van der Waals surface area contributed by atoms with Crippen LogP contribution in [0.1, 0.15) is 20.8 Å². The Hall–Kier alpha value is -0.0700. The van der Waals surface area contributed by atoms with Crippen LogP contribution in [0.2, 0.25) is 0 Å². The highest BCUT2D eigenvalue weighted by Crippen LogP contribution is 2.17. The molecule has 0 radical (unpaired) electrons. The molecule has 0 aromatic rings. The molecule has 1 rings (SSSR count). The summed E-state index contributed by atoms with van der Waals surface area (Å²) in [5.41, 5.74) is -0.149. The Kier molecular flexibility index (Phi) is 4.08. The van der Waals surface area contributed by atoms with E-state index in [0.717, 1.165) is 0 Å². The molecule has 0 saturated carbocycles. The van der Waals surface area contributed by atoms with Crippen LogP contribution in [-0.2, 0) is 9.84 Å². The predicted molar refractivity (Wildman–Crippen MR) is 70.7 cm³/mol. The Morgan fingerprint density at radius 1 is 1.38 bits per heavy atom. The first-order valence-electron chi connectivity index (χ1n) is 5.02. The van der Waals surface area contributed by atoms with Crippen LogP contribution >= 0.6 is 23.8 Å². The number of hydrogen-bond donors (Lipinski definition) is 2. The summed E-state index contributed by atoms with van der Waals surface area (Å²) in [5.74, 6) is 0.0669. The molecule has 0 aliphatic carbocycles. The standard InChI is InChI=1S/C9H17ClN2O2S2/c1-9(2,3)12-8(15)11-7-5-16(13,14)4-6(7)10/h6-7H,4-5H2,1-3H3,(H2,11,12,15)/t6-,7-/m1/s1. The second kappa shape index (κ2) is 4.66. The summed E-state index contributed by atoms with van der Waals surface area (Å²) in [4.78, 5) is 0. The van der Waals surface area contributed by atoms with E-state index in [1.807, 2.05) is 20.8 Å². The Morgan fingerprint density at radius 2 is 1.94 bits per heavy atom. The highest BCUT2D eigenvalue weighted by atomic mass is 35.5. The van der Waals surface area contributed by atoms with Gasteiger partial charge in [0.1, 0.15) is 0 Å². The molecule has 1 saturated heterocycles. The van der Waals surface area contributed by atoms with Gasteiger partial charge in [0.2, 0.25) is 0 Å². The van der Waals surface area contributed by atoms with Crippen molar-refractivity contribution in [3.63, 3.8) is 0 Å². The molecule has 94 valence electrons. The lowest BCUT2D eigenvalue weighted by atomic mass is 10.1. The van der Waals surface area contributed by atoms with Crippen LogP contribution in [0.4, 0.5) is 0 Å². The first kappa shape index (κ1) is 14.0. The molecule has 2 N–H and O–H groups in total. The normalized spacial score (nSPS) is 28.8. The SMILES string of the molecule is CC(C)(C)NC(=S)N[C@@H]1CS(=O)(=O)C[C@H]1Cl. The molecule has 0 aromatic heterocycles. The van der Waals surface area contributed by atoms with Gasteiger partial charge in [-0.15, -0.1) is 11.6 Å². The minimum atomic E-state index is -3.02. The molecule has 0 spiro atoms. The first-order chi connectivity index (χ1) is 7.09. The molecular weight excluding hydrogens is 268 g/mol. The Balaban J connectivity index is 2.53. The fraction of sp³-hybridized carbons (Fsp3) is 0.889. The zero-order valence-corrected chi connectivity index (χ0v) is 12.0. The van der Waals surface area contributed by atoms with E-state index in [9.17, 15) is 8.42 Å². The van der Waals surface area contributed by atoms with Crippen LogP contribution in [0, 0.1) is 0 Å². The van der Waals surface area contributed by atoms with E-state index in [4.69, 9.17) is 23.8 Å². The van der Waals surface area contributed by atoms with E-state index >= 15 is 0 Å². The van der Waals surface area contributed by atoms with Crippen LogP contribution in [-0.4, -0.2) is 42.0 Å². The lowest BCUT2D eigenvalue weighted by Gasteiger charge is -2.25. The van der Waals surface area contributed by atoms with E-state index in [0.29, 0.717) is 5.11 Å². The van der Waals surface area contributed by atoms with Crippen LogP contribution in [0.15, 0.2) is 0 Å². The Bertz CT molecular complexity index is 375. The molecular formula is C9H17ClN2O2S2. The van der Waals surface area contributed by atoms with Gasteiger partial charge in [-0.1, -0.05) is 0 Å². The number of sulfone groups is 1. The Morgan fingerprint density at radius 3 is 2.31 bits per heavy atom. The fourth-order valence-corrected chi connectivity index (χ4v) is 4.49. The summed E-state index contributed by atoms with van der Waals surface area (Å²) < 4.78 is 22.7. The number of rotatable bonds is 1. The van der Waals surface area contributed by atoms with Gasteiger partial charge in [-0.05, 0) is 33.0 Å². The van der Waals surface area contributed by atoms with Crippen molar-refractivity contribution in [3.05, 3.63) is 0 Å². The molecule has 1 fully saturated rings. The van der Waals surface area contributed by atoms with Crippen molar-refractivity contribution in [2.75, 3.05) is 11.5 Å². The summed E-state index contributed by atoms with van der Waals surface area (Å²) in [6.07, 6.45) is 0. The quantitative estimate of drug-likeness (QED) is 0.547. The van der Waals surface area contributed by atoms with Crippen molar-refractivity contribution in [1.29, 1.82) is 0 Å². The summed E-state index contributed by atoms with van der Waals surface area (Å²) in [7, 11) is -3.02. The van der Waals surface area contributed by atoms with Crippen LogP contribution in [0.25, 0.3) is 0 Å². The van der Waals surface area contributed by atoms with Crippen LogP contribution < -0.4 is 10.6 Å². The topological polar surface area (TPSA) is 58.2 Å². The number of halogens is 1. The fourth-order valence-electron chi connectivity index (χ4n) is 1.48. The monoisotopic (exact) mass is 284 g/mol. The maximum atomic E-state index is 11.3. The lowest BCUT2D eigenvalue weighted by Crippen LogP contribution is -2.51. The largest absolute Gasteiger partial charge is 0.358 e. The third-order valence-electron chi connectivity index (χ3n) is 2.09. The van der Waals surface area contributed by atoms with Gasteiger partial charge in [-0.25, -0.2) is 8.42 Å². The van der Waals surface area contributed by atoms with Gasteiger partial charge in [0.25, 0.3) is 0 Å². The Labute approximate surface area is 107 Å². The number of nitrogens with one attached hydrogen (secondary N) is 2. The minimum Gasteiger partial charge on any atom is -0.358 e. The molecule has 1 heterocycles. The van der Waals surface area contributed by atoms with Crippen molar-refractivity contribution < 1.29 is 8.42 Å². The molecule has 7 heteroatoms. The zero-order chi connectivity index (χ0) is 12.6. The van der Waals surface area contributed by atoms with Crippen molar-refractivity contribution in [2.24, 2.45) is 0 Å². The third kappa shape index (κ3) is 4.43. The van der Waals surface area contributed by atoms with Crippen molar-refractivity contribution >= 4 is 38.8 Å². The van der Waals surface area contributed by atoms with Gasteiger partial charge in [0.05, 0.1) is 22.9 Å². The van der Waals surface area contributed by atoms with E-state index in [1.165, 1.54) is 0 Å². The van der Waals surface area contributed by atoms with E-state index < -0.39 is 15.2 Å². The average molecular weight is 285 g/mol. The van der Waals surface area contributed by atoms with Gasteiger partial charge < -0.3 is 10.6 Å². The summed E-state index contributed by atoms with van der Waals surface area (Å²) >= 11 is 11.0. The lowest BCUT2D eigenvalue weighted by molar-refractivity contribution is 0.501. The number of thiocarbonyl (C=S) groups is 1. The second-order valence-corrected chi connectivity index (χ2v) is 8.17. The second-order valence-electron chi connectivity index (χ2n) is 5.05. The van der Waals surface area contributed by atoms with Crippen molar-refractivity contribution in [3.8, 4) is 0 Å². The molecule has 2 atom stereocenters. The molecule has 0 bridgehead atoms. The number of alkyl halides is 1. The van der Waals surface area contributed by atoms with Crippen molar-refractivity contribution in [1.82, 2.24) is 10.6 Å². The molecule has 4 nitrogen and oxygen atoms in total. The molecule has 1 aliphatic rings. The van der Waals surface area contributed by atoms with Gasteiger partial charge in [0, 0.05) is 5.54 Å².